The largest absolute Gasteiger partial charge is 0.573 e. The summed E-state index contributed by atoms with van der Waals surface area (Å²) < 4.78 is 68.1. The SMILES string of the molecule is FC(F)Oc1cccc(-c2ccc(OC(F)(F)F)cc2)n1. The van der Waals surface area contributed by atoms with Gasteiger partial charge in [0.05, 0.1) is 5.69 Å². The summed E-state index contributed by atoms with van der Waals surface area (Å²) in [6.07, 6.45) is -4.77. The molecule has 0 aliphatic rings. The fourth-order valence-electron chi connectivity index (χ4n) is 1.56. The summed E-state index contributed by atoms with van der Waals surface area (Å²) in [5.41, 5.74) is 0.718. The molecule has 0 aliphatic heterocycles. The van der Waals surface area contributed by atoms with E-state index >= 15 is 0 Å². The van der Waals surface area contributed by atoms with Crippen LogP contribution in [0.2, 0.25) is 0 Å². The van der Waals surface area contributed by atoms with E-state index in [0.717, 1.165) is 12.1 Å². The van der Waals surface area contributed by atoms with E-state index in [1.165, 1.54) is 30.3 Å². The Morgan fingerprint density at radius 1 is 0.952 bits per heavy atom. The van der Waals surface area contributed by atoms with Crippen LogP contribution >= 0.6 is 0 Å². The van der Waals surface area contributed by atoms with Gasteiger partial charge in [-0.2, -0.15) is 8.78 Å². The number of halogens is 5. The molecule has 0 unspecified atom stereocenters. The van der Waals surface area contributed by atoms with Crippen LogP contribution in [0.5, 0.6) is 11.6 Å². The molecule has 21 heavy (non-hydrogen) atoms. The van der Waals surface area contributed by atoms with E-state index in [2.05, 4.69) is 14.5 Å². The lowest BCUT2D eigenvalue weighted by Gasteiger charge is -2.09. The Morgan fingerprint density at radius 3 is 2.19 bits per heavy atom. The lowest BCUT2D eigenvalue weighted by Crippen LogP contribution is -2.16. The maximum atomic E-state index is 12.1. The molecule has 0 fully saturated rings. The molecule has 1 heterocycles. The van der Waals surface area contributed by atoms with Crippen LogP contribution in [0.1, 0.15) is 0 Å². The normalized spacial score (nSPS) is 11.5. The first-order valence-electron chi connectivity index (χ1n) is 5.61. The molecular weight excluding hydrogens is 297 g/mol. The maximum Gasteiger partial charge on any atom is 0.573 e. The molecular formula is C13H8F5NO2. The van der Waals surface area contributed by atoms with Crippen LogP contribution < -0.4 is 9.47 Å². The summed E-state index contributed by atoms with van der Waals surface area (Å²) in [6, 6.07) is 9.07. The van der Waals surface area contributed by atoms with E-state index in [9.17, 15) is 22.0 Å². The van der Waals surface area contributed by atoms with Crippen molar-refractivity contribution in [2.75, 3.05) is 0 Å². The minimum Gasteiger partial charge on any atom is -0.417 e. The maximum absolute atomic E-state index is 12.1. The Hall–Kier alpha value is -2.38. The quantitative estimate of drug-likeness (QED) is 0.791. The van der Waals surface area contributed by atoms with Crippen molar-refractivity contribution in [2.24, 2.45) is 0 Å². The van der Waals surface area contributed by atoms with Gasteiger partial charge in [-0.05, 0) is 30.3 Å². The minimum atomic E-state index is -4.77. The van der Waals surface area contributed by atoms with Crippen molar-refractivity contribution in [3.63, 3.8) is 0 Å². The van der Waals surface area contributed by atoms with Crippen molar-refractivity contribution in [3.05, 3.63) is 42.5 Å². The van der Waals surface area contributed by atoms with Crippen molar-refractivity contribution in [1.82, 2.24) is 4.98 Å². The molecule has 0 saturated heterocycles. The number of benzene rings is 1. The van der Waals surface area contributed by atoms with Gasteiger partial charge in [-0.3, -0.25) is 0 Å². The van der Waals surface area contributed by atoms with Crippen molar-refractivity contribution in [2.45, 2.75) is 13.0 Å². The highest BCUT2D eigenvalue weighted by Crippen LogP contribution is 2.26. The highest BCUT2D eigenvalue weighted by molar-refractivity contribution is 5.60. The summed E-state index contributed by atoms with van der Waals surface area (Å²) in [5.74, 6) is -0.663. The molecule has 3 nitrogen and oxygen atoms in total. The molecule has 1 aromatic heterocycles. The number of pyridine rings is 1. The summed E-state index contributed by atoms with van der Waals surface area (Å²) in [7, 11) is 0. The van der Waals surface area contributed by atoms with Crippen molar-refractivity contribution >= 4 is 0 Å². The Bertz CT molecular complexity index is 598. The van der Waals surface area contributed by atoms with Gasteiger partial charge in [0.15, 0.2) is 0 Å². The molecule has 2 rings (SSSR count). The number of alkyl halides is 5. The predicted molar refractivity (Wildman–Crippen MR) is 63.0 cm³/mol. The van der Waals surface area contributed by atoms with Gasteiger partial charge >= 0.3 is 13.0 Å². The molecule has 0 saturated carbocycles. The average Bonchev–Trinajstić information content (AvgIpc) is 2.37. The number of rotatable bonds is 4. The number of hydrogen-bond acceptors (Lipinski definition) is 3. The fourth-order valence-corrected chi connectivity index (χ4v) is 1.56. The van der Waals surface area contributed by atoms with Crippen molar-refractivity contribution in [3.8, 4) is 22.9 Å². The Morgan fingerprint density at radius 2 is 1.62 bits per heavy atom. The van der Waals surface area contributed by atoms with Crippen LogP contribution in [0.4, 0.5) is 22.0 Å². The van der Waals surface area contributed by atoms with Crippen LogP contribution in [-0.2, 0) is 0 Å². The second kappa shape index (κ2) is 5.94. The minimum absolute atomic E-state index is 0.280. The second-order valence-electron chi connectivity index (χ2n) is 3.81. The van der Waals surface area contributed by atoms with Gasteiger partial charge in [-0.1, -0.05) is 6.07 Å². The van der Waals surface area contributed by atoms with E-state index in [1.54, 1.807) is 0 Å². The van der Waals surface area contributed by atoms with Crippen LogP contribution in [0, 0.1) is 0 Å². The van der Waals surface area contributed by atoms with E-state index in [0.29, 0.717) is 5.56 Å². The Balaban J connectivity index is 2.18. The zero-order valence-electron chi connectivity index (χ0n) is 10.3. The first-order valence-corrected chi connectivity index (χ1v) is 5.61. The fraction of sp³-hybridized carbons (Fsp3) is 0.154. The van der Waals surface area contributed by atoms with E-state index in [1.807, 2.05) is 0 Å². The molecule has 112 valence electrons. The van der Waals surface area contributed by atoms with Gasteiger partial charge in [-0.15, -0.1) is 13.2 Å². The lowest BCUT2D eigenvalue weighted by molar-refractivity contribution is -0.274. The molecule has 0 atom stereocenters. The van der Waals surface area contributed by atoms with Crippen LogP contribution in [0.25, 0.3) is 11.3 Å². The zero-order valence-corrected chi connectivity index (χ0v) is 10.3. The molecule has 0 aliphatic carbocycles. The van der Waals surface area contributed by atoms with Crippen LogP contribution in [-0.4, -0.2) is 18.0 Å². The third-order valence-electron chi connectivity index (χ3n) is 2.32. The van der Waals surface area contributed by atoms with Crippen molar-refractivity contribution < 1.29 is 31.4 Å². The number of hydrogen-bond donors (Lipinski definition) is 0. The van der Waals surface area contributed by atoms with Gasteiger partial charge in [0, 0.05) is 11.6 Å². The van der Waals surface area contributed by atoms with Gasteiger partial charge < -0.3 is 9.47 Å². The molecule has 0 amide bonds. The highest BCUT2D eigenvalue weighted by atomic mass is 19.4. The summed E-state index contributed by atoms with van der Waals surface area (Å²) in [6.45, 7) is -3.00. The predicted octanol–water partition coefficient (Wildman–Crippen LogP) is 4.25. The molecule has 0 bridgehead atoms. The Labute approximate surface area is 115 Å². The molecule has 2 aromatic rings. The first kappa shape index (κ1) is 15.0. The van der Waals surface area contributed by atoms with Crippen molar-refractivity contribution in [1.29, 1.82) is 0 Å². The van der Waals surface area contributed by atoms with Crippen LogP contribution in [0.3, 0.4) is 0 Å². The molecule has 0 spiro atoms. The van der Waals surface area contributed by atoms with Gasteiger partial charge in [0.1, 0.15) is 5.75 Å². The standard InChI is InChI=1S/C13H8F5NO2/c14-12(15)20-11-3-1-2-10(19-11)8-4-6-9(7-5-8)21-13(16,17)18/h1-7,12H. The van der Waals surface area contributed by atoms with E-state index < -0.39 is 13.0 Å². The van der Waals surface area contributed by atoms with E-state index in [-0.39, 0.29) is 17.3 Å². The second-order valence-corrected chi connectivity index (χ2v) is 3.81. The van der Waals surface area contributed by atoms with Gasteiger partial charge in [0.25, 0.3) is 0 Å². The average molecular weight is 305 g/mol. The lowest BCUT2D eigenvalue weighted by atomic mass is 10.1. The third kappa shape index (κ3) is 4.59. The first-order chi connectivity index (χ1) is 9.83. The number of aromatic nitrogens is 1. The molecule has 0 N–H and O–H groups in total. The topological polar surface area (TPSA) is 31.4 Å². The number of nitrogens with zero attached hydrogens (tertiary/aromatic N) is 1. The van der Waals surface area contributed by atoms with Gasteiger partial charge in [0.2, 0.25) is 5.88 Å². The highest BCUT2D eigenvalue weighted by Gasteiger charge is 2.30. The molecule has 1 aromatic carbocycles. The smallest absolute Gasteiger partial charge is 0.417 e. The van der Waals surface area contributed by atoms with E-state index in [4.69, 9.17) is 0 Å². The molecule has 8 heteroatoms. The summed E-state index contributed by atoms with van der Waals surface area (Å²) >= 11 is 0. The number of ether oxygens (including phenoxy) is 2. The Kier molecular flexibility index (Phi) is 4.25. The monoisotopic (exact) mass is 305 g/mol. The molecule has 0 radical (unpaired) electrons. The summed E-state index contributed by atoms with van der Waals surface area (Å²) in [5, 5.41) is 0. The summed E-state index contributed by atoms with van der Waals surface area (Å²) in [4.78, 5) is 3.82. The van der Waals surface area contributed by atoms with Crippen LogP contribution in [0.15, 0.2) is 42.5 Å². The zero-order chi connectivity index (χ0) is 15.5. The van der Waals surface area contributed by atoms with Gasteiger partial charge in [-0.25, -0.2) is 4.98 Å². The third-order valence-corrected chi connectivity index (χ3v) is 2.32.